The lowest BCUT2D eigenvalue weighted by Crippen LogP contribution is -2.52. The molecule has 2 amide bonds. The molecule has 3 aromatic rings. The van der Waals surface area contributed by atoms with Crippen LogP contribution in [0.2, 0.25) is 0 Å². The second kappa shape index (κ2) is 12.0. The number of amides is 2. The lowest BCUT2D eigenvalue weighted by molar-refractivity contribution is -0.141. The molecule has 0 radical (unpaired) electrons. The maximum atomic E-state index is 13.7. The molecule has 0 saturated carbocycles. The summed E-state index contributed by atoms with van der Waals surface area (Å²) >= 11 is 7.25. The third-order valence-electron chi connectivity index (χ3n) is 6.41. The van der Waals surface area contributed by atoms with E-state index >= 15 is 0 Å². The van der Waals surface area contributed by atoms with Gasteiger partial charge in [-0.15, -0.1) is 0 Å². The third kappa shape index (κ3) is 6.79. The second-order valence-electron chi connectivity index (χ2n) is 8.80. The third-order valence-corrected chi connectivity index (χ3v) is 7.96. The van der Waals surface area contributed by atoms with Crippen molar-refractivity contribution in [3.05, 3.63) is 104 Å². The molecule has 1 heterocycles. The van der Waals surface area contributed by atoms with Crippen LogP contribution in [0.1, 0.15) is 16.7 Å². The number of benzene rings is 3. The highest BCUT2D eigenvalue weighted by atomic mass is 79.9. The molecule has 1 fully saturated rings. The highest BCUT2D eigenvalue weighted by Crippen LogP contribution is 2.26. The van der Waals surface area contributed by atoms with Crippen molar-refractivity contribution in [1.82, 2.24) is 9.80 Å². The Kier molecular flexibility index (Phi) is 8.74. The van der Waals surface area contributed by atoms with E-state index in [0.717, 1.165) is 25.6 Å². The van der Waals surface area contributed by atoms with Gasteiger partial charge in [-0.1, -0.05) is 80.4 Å². The monoisotopic (exact) mass is 600 g/mol. The minimum absolute atomic E-state index is 0.00156. The first kappa shape index (κ1) is 25.6. The Morgan fingerprint density at radius 3 is 1.74 bits per heavy atom. The molecule has 1 saturated heterocycles. The van der Waals surface area contributed by atoms with E-state index in [1.165, 1.54) is 12.1 Å². The minimum atomic E-state index is -0.312. The summed E-state index contributed by atoms with van der Waals surface area (Å²) in [5.41, 5.74) is 2.99. The van der Waals surface area contributed by atoms with Gasteiger partial charge in [0.2, 0.25) is 11.8 Å². The van der Waals surface area contributed by atoms with Crippen LogP contribution in [0.3, 0.4) is 0 Å². The van der Waals surface area contributed by atoms with Crippen LogP contribution in [0.25, 0.3) is 0 Å². The van der Waals surface area contributed by atoms with E-state index < -0.39 is 0 Å². The maximum absolute atomic E-state index is 13.7. The zero-order chi connectivity index (χ0) is 24.8. The van der Waals surface area contributed by atoms with Crippen LogP contribution in [0.5, 0.6) is 0 Å². The van der Waals surface area contributed by atoms with Crippen molar-refractivity contribution >= 4 is 43.7 Å². The quantitative estimate of drug-likeness (QED) is 0.350. The predicted octanol–water partition coefficient (Wildman–Crippen LogP) is 5.67. The largest absolute Gasteiger partial charge is 0.339 e. The summed E-state index contributed by atoms with van der Waals surface area (Å²) in [5.74, 6) is -0.411. The van der Waals surface area contributed by atoms with Crippen molar-refractivity contribution in [2.75, 3.05) is 26.2 Å². The van der Waals surface area contributed by atoms with Crippen LogP contribution in [-0.2, 0) is 28.9 Å². The number of piperazine rings is 1. The first-order valence-corrected chi connectivity index (χ1v) is 13.3. The van der Waals surface area contributed by atoms with Crippen LogP contribution in [0, 0.1) is 11.7 Å². The van der Waals surface area contributed by atoms with Crippen molar-refractivity contribution in [3.63, 3.8) is 0 Å². The first-order valence-electron chi connectivity index (χ1n) is 11.7. The molecule has 182 valence electrons. The Labute approximate surface area is 222 Å². The second-order valence-corrected chi connectivity index (χ2v) is 10.5. The summed E-state index contributed by atoms with van der Waals surface area (Å²) in [6.07, 6.45) is 1.50. The molecule has 0 N–H and O–H groups in total. The zero-order valence-corrected chi connectivity index (χ0v) is 22.5. The maximum Gasteiger partial charge on any atom is 0.227 e. The molecule has 4 rings (SSSR count). The van der Waals surface area contributed by atoms with Crippen molar-refractivity contribution in [2.24, 2.45) is 5.92 Å². The van der Waals surface area contributed by atoms with Gasteiger partial charge in [-0.05, 0) is 53.8 Å². The van der Waals surface area contributed by atoms with E-state index in [2.05, 4.69) is 44.0 Å². The number of carbonyl (C=O) groups excluding carboxylic acids is 2. The molecule has 0 spiro atoms. The van der Waals surface area contributed by atoms with Gasteiger partial charge >= 0.3 is 0 Å². The van der Waals surface area contributed by atoms with E-state index in [4.69, 9.17) is 0 Å². The van der Waals surface area contributed by atoms with Gasteiger partial charge < -0.3 is 9.80 Å². The number of carbonyl (C=O) groups is 2. The van der Waals surface area contributed by atoms with Crippen molar-refractivity contribution < 1.29 is 14.0 Å². The standard InChI is InChI=1S/C28H27Br2FN2O2/c29-25-7-3-1-5-21(25)18-23(19-22-6-2-4-8-26(22)30)28(35)33-15-13-32(14-16-33)27(34)17-20-9-11-24(31)12-10-20/h1-12,23H,13-19H2. The molecule has 0 aromatic heterocycles. The van der Waals surface area contributed by atoms with Gasteiger partial charge in [0.25, 0.3) is 0 Å². The first-order chi connectivity index (χ1) is 16.9. The lowest BCUT2D eigenvalue weighted by atomic mass is 9.91. The number of hydrogen-bond donors (Lipinski definition) is 0. The van der Waals surface area contributed by atoms with E-state index in [-0.39, 0.29) is 30.0 Å². The summed E-state index contributed by atoms with van der Waals surface area (Å²) in [5, 5.41) is 0. The van der Waals surface area contributed by atoms with E-state index in [1.54, 1.807) is 17.0 Å². The van der Waals surface area contributed by atoms with E-state index in [0.29, 0.717) is 39.0 Å². The van der Waals surface area contributed by atoms with Gasteiger partial charge in [0.1, 0.15) is 5.82 Å². The summed E-state index contributed by atoms with van der Waals surface area (Å²) in [6.45, 7) is 2.03. The molecule has 7 heteroatoms. The molecule has 0 aliphatic carbocycles. The van der Waals surface area contributed by atoms with E-state index in [9.17, 15) is 14.0 Å². The van der Waals surface area contributed by atoms with Gasteiger partial charge in [0.05, 0.1) is 6.42 Å². The normalized spacial score (nSPS) is 13.8. The fourth-order valence-corrected chi connectivity index (χ4v) is 5.32. The summed E-state index contributed by atoms with van der Waals surface area (Å²) in [4.78, 5) is 30.1. The number of nitrogens with zero attached hydrogens (tertiary/aromatic N) is 2. The van der Waals surface area contributed by atoms with Crippen LogP contribution >= 0.6 is 31.9 Å². The molecular formula is C28H27Br2FN2O2. The zero-order valence-electron chi connectivity index (χ0n) is 19.3. The lowest BCUT2D eigenvalue weighted by Gasteiger charge is -2.36. The molecule has 0 atom stereocenters. The molecular weight excluding hydrogens is 575 g/mol. The average Bonchev–Trinajstić information content (AvgIpc) is 2.87. The Hall–Kier alpha value is -2.51. The van der Waals surface area contributed by atoms with Crippen molar-refractivity contribution in [3.8, 4) is 0 Å². The summed E-state index contributed by atoms with van der Waals surface area (Å²) in [6, 6.07) is 22.1. The topological polar surface area (TPSA) is 40.6 Å². The Balaban J connectivity index is 1.42. The van der Waals surface area contributed by atoms with Crippen LogP contribution in [-0.4, -0.2) is 47.8 Å². The average molecular weight is 602 g/mol. The van der Waals surface area contributed by atoms with Gasteiger partial charge in [-0.2, -0.15) is 0 Å². The predicted molar refractivity (Wildman–Crippen MR) is 142 cm³/mol. The van der Waals surface area contributed by atoms with Crippen LogP contribution in [0.15, 0.2) is 81.7 Å². The Morgan fingerprint density at radius 1 is 0.743 bits per heavy atom. The van der Waals surface area contributed by atoms with Gasteiger partial charge in [0.15, 0.2) is 0 Å². The smallest absolute Gasteiger partial charge is 0.227 e. The van der Waals surface area contributed by atoms with Crippen LogP contribution < -0.4 is 0 Å². The molecule has 0 bridgehead atoms. The van der Waals surface area contributed by atoms with Crippen molar-refractivity contribution in [1.29, 1.82) is 0 Å². The fourth-order valence-electron chi connectivity index (χ4n) is 4.43. The fraction of sp³-hybridized carbons (Fsp3) is 0.286. The van der Waals surface area contributed by atoms with Gasteiger partial charge in [-0.25, -0.2) is 4.39 Å². The summed E-state index contributed by atoms with van der Waals surface area (Å²) in [7, 11) is 0. The molecule has 0 unspecified atom stereocenters. The SMILES string of the molecule is O=C(Cc1ccc(F)cc1)N1CCN(C(=O)C(Cc2ccccc2Br)Cc2ccccc2Br)CC1. The minimum Gasteiger partial charge on any atom is -0.339 e. The van der Waals surface area contributed by atoms with Crippen LogP contribution in [0.4, 0.5) is 4.39 Å². The van der Waals surface area contributed by atoms with Crippen molar-refractivity contribution in [2.45, 2.75) is 19.3 Å². The number of halogens is 3. The molecule has 1 aliphatic rings. The van der Waals surface area contributed by atoms with E-state index in [1.807, 2.05) is 41.3 Å². The number of rotatable bonds is 7. The van der Waals surface area contributed by atoms with Gasteiger partial charge in [-0.3, -0.25) is 9.59 Å². The molecule has 4 nitrogen and oxygen atoms in total. The van der Waals surface area contributed by atoms with Gasteiger partial charge in [0, 0.05) is 41.0 Å². The molecule has 35 heavy (non-hydrogen) atoms. The Morgan fingerprint density at radius 2 is 1.23 bits per heavy atom. The molecule has 3 aromatic carbocycles. The Bertz CT molecular complexity index is 1130. The molecule has 1 aliphatic heterocycles. The highest BCUT2D eigenvalue weighted by Gasteiger charge is 2.30. The summed E-state index contributed by atoms with van der Waals surface area (Å²) < 4.78 is 15.1. The highest BCUT2D eigenvalue weighted by molar-refractivity contribution is 9.10. The number of hydrogen-bond acceptors (Lipinski definition) is 2.